The third-order valence-corrected chi connectivity index (χ3v) is 7.87. The van der Waals surface area contributed by atoms with E-state index in [1.807, 2.05) is 4.57 Å². The van der Waals surface area contributed by atoms with Crippen LogP contribution in [-0.2, 0) is 0 Å². The van der Waals surface area contributed by atoms with Gasteiger partial charge in [-0.25, -0.2) is 9.78 Å². The van der Waals surface area contributed by atoms with Crippen molar-refractivity contribution in [2.75, 3.05) is 18.0 Å². The lowest BCUT2D eigenvalue weighted by Crippen LogP contribution is -2.39. The number of allylic oxidation sites excluding steroid dienone is 1. The van der Waals surface area contributed by atoms with Crippen LogP contribution in [0.1, 0.15) is 31.7 Å². The lowest BCUT2D eigenvalue weighted by molar-refractivity contribution is 0.143. The van der Waals surface area contributed by atoms with Crippen molar-refractivity contribution in [2.24, 2.45) is 29.4 Å². The highest BCUT2D eigenvalue weighted by molar-refractivity contribution is 6.37. The fourth-order valence-electron chi connectivity index (χ4n) is 5.67. The molecular formula is C23H25ClN4O4. The van der Waals surface area contributed by atoms with E-state index in [1.54, 1.807) is 0 Å². The Hall–Kier alpha value is -2.58. The summed E-state index contributed by atoms with van der Waals surface area (Å²) in [6, 6.07) is 0.194. The Bertz CT molecular complexity index is 1200. The summed E-state index contributed by atoms with van der Waals surface area (Å²) >= 11 is 6.91. The van der Waals surface area contributed by atoms with Gasteiger partial charge in [0.05, 0.1) is 17.1 Å². The topological polar surface area (TPSA) is 111 Å². The SMILES string of the molecule is N[C@@H]1C=C[C@H](C2CC2)[C@@H]2CN(c3ncc4c(=O)c(OC(=O)O)cn(C5CC5)c4c3Cl)C[C@@H]21. The maximum absolute atomic E-state index is 12.9. The van der Waals surface area contributed by atoms with Crippen molar-refractivity contribution in [2.45, 2.75) is 37.8 Å². The molecule has 0 bridgehead atoms. The number of carboxylic acid groups (broad SMARTS) is 1. The lowest BCUT2D eigenvalue weighted by atomic mass is 9.74. The van der Waals surface area contributed by atoms with Gasteiger partial charge in [0.1, 0.15) is 10.8 Å². The van der Waals surface area contributed by atoms with Crippen molar-refractivity contribution >= 4 is 34.5 Å². The van der Waals surface area contributed by atoms with Crippen LogP contribution < -0.4 is 20.8 Å². The minimum atomic E-state index is -1.52. The highest BCUT2D eigenvalue weighted by Gasteiger charge is 2.47. The third kappa shape index (κ3) is 3.19. The van der Waals surface area contributed by atoms with Gasteiger partial charge in [0.15, 0.2) is 5.75 Å². The Balaban J connectivity index is 1.42. The molecule has 0 radical (unpaired) electrons. The van der Waals surface area contributed by atoms with Gasteiger partial charge in [-0.3, -0.25) is 4.79 Å². The molecule has 2 aromatic rings. The van der Waals surface area contributed by atoms with Gasteiger partial charge in [-0.15, -0.1) is 0 Å². The molecule has 0 spiro atoms. The first kappa shape index (κ1) is 20.1. The van der Waals surface area contributed by atoms with Crippen molar-refractivity contribution in [3.05, 3.63) is 39.8 Å². The van der Waals surface area contributed by atoms with Gasteiger partial charge in [0.2, 0.25) is 5.43 Å². The van der Waals surface area contributed by atoms with Crippen molar-refractivity contribution in [3.63, 3.8) is 0 Å². The summed E-state index contributed by atoms with van der Waals surface area (Å²) < 4.78 is 6.62. The van der Waals surface area contributed by atoms with Crippen LogP contribution in [-0.4, -0.2) is 39.9 Å². The van der Waals surface area contributed by atoms with Crippen LogP contribution >= 0.6 is 11.6 Å². The maximum Gasteiger partial charge on any atom is 0.511 e. The second-order valence-electron chi connectivity index (χ2n) is 9.60. The van der Waals surface area contributed by atoms with Gasteiger partial charge in [-0.1, -0.05) is 23.8 Å². The van der Waals surface area contributed by atoms with Crippen LogP contribution in [0.25, 0.3) is 10.9 Å². The molecule has 4 aliphatic rings. The number of halogens is 1. The van der Waals surface area contributed by atoms with Crippen molar-refractivity contribution in [1.82, 2.24) is 9.55 Å². The van der Waals surface area contributed by atoms with E-state index in [-0.39, 0.29) is 23.2 Å². The smallest absolute Gasteiger partial charge is 0.449 e. The zero-order valence-electron chi connectivity index (χ0n) is 17.5. The summed E-state index contributed by atoms with van der Waals surface area (Å²) in [6.45, 7) is 1.63. The van der Waals surface area contributed by atoms with E-state index < -0.39 is 11.6 Å². The molecule has 0 unspecified atom stereocenters. The van der Waals surface area contributed by atoms with Gasteiger partial charge in [-0.05, 0) is 43.4 Å². The van der Waals surface area contributed by atoms with E-state index in [4.69, 9.17) is 27.2 Å². The Labute approximate surface area is 189 Å². The van der Waals surface area contributed by atoms with Gasteiger partial charge in [0.25, 0.3) is 0 Å². The molecule has 6 rings (SSSR count). The average molecular weight is 457 g/mol. The number of fused-ring (bicyclic) bond motifs is 2. The molecule has 4 atom stereocenters. The molecule has 9 heteroatoms. The van der Waals surface area contributed by atoms with Crippen LogP contribution in [0.3, 0.4) is 0 Å². The molecule has 3 aliphatic carbocycles. The van der Waals surface area contributed by atoms with E-state index in [0.717, 1.165) is 31.8 Å². The number of nitrogens with two attached hydrogens (primary N) is 1. The van der Waals surface area contributed by atoms with Gasteiger partial charge < -0.3 is 25.0 Å². The molecule has 168 valence electrons. The molecule has 2 aromatic heterocycles. The zero-order chi connectivity index (χ0) is 22.1. The molecule has 3 N–H and O–H groups in total. The van der Waals surface area contributed by atoms with Crippen LogP contribution in [0.2, 0.25) is 5.02 Å². The summed E-state index contributed by atoms with van der Waals surface area (Å²) in [5, 5.41) is 9.71. The van der Waals surface area contributed by atoms with Crippen LogP contribution in [0, 0.1) is 23.7 Å². The van der Waals surface area contributed by atoms with Crippen LogP contribution in [0.15, 0.2) is 29.3 Å². The molecule has 1 aliphatic heterocycles. The number of rotatable bonds is 4. The number of hydrogen-bond acceptors (Lipinski definition) is 6. The summed E-state index contributed by atoms with van der Waals surface area (Å²) in [4.78, 5) is 30.7. The van der Waals surface area contributed by atoms with Gasteiger partial charge >= 0.3 is 6.16 Å². The summed E-state index contributed by atoms with van der Waals surface area (Å²) in [7, 11) is 0. The summed E-state index contributed by atoms with van der Waals surface area (Å²) in [5.74, 6) is 2.60. The predicted molar refractivity (Wildman–Crippen MR) is 120 cm³/mol. The molecule has 0 aromatic carbocycles. The summed E-state index contributed by atoms with van der Waals surface area (Å²) in [6.07, 6.45) is 10.4. The number of carbonyl (C=O) groups is 1. The Kier molecular flexibility index (Phi) is 4.52. The highest BCUT2D eigenvalue weighted by atomic mass is 35.5. The molecule has 3 heterocycles. The minimum absolute atomic E-state index is 0.0274. The normalized spacial score (nSPS) is 29.4. The average Bonchev–Trinajstić information content (AvgIpc) is 3.68. The van der Waals surface area contributed by atoms with E-state index in [0.29, 0.717) is 34.1 Å². The Morgan fingerprint density at radius 2 is 1.94 bits per heavy atom. The number of pyridine rings is 2. The highest BCUT2D eigenvalue weighted by Crippen LogP contribution is 2.49. The molecule has 32 heavy (non-hydrogen) atoms. The second kappa shape index (κ2) is 7.22. The van der Waals surface area contributed by atoms with E-state index >= 15 is 0 Å². The standard InChI is InChI=1S/C23H25ClN4O4/c24-19-20-14(21(29)18(32-23(30)31)10-28(20)12-3-4-12)7-26-22(19)27-8-15-13(11-1-2-11)5-6-17(25)16(15)9-27/h5-7,10-13,15-17H,1-4,8-9,25H2,(H,30,31)/t13-,15+,16+,17-/m1/s1. The first-order chi connectivity index (χ1) is 15.4. The number of ether oxygens (including phenoxy) is 1. The maximum atomic E-state index is 12.9. The van der Waals surface area contributed by atoms with Crippen molar-refractivity contribution in [3.8, 4) is 5.75 Å². The second-order valence-corrected chi connectivity index (χ2v) is 9.97. The minimum Gasteiger partial charge on any atom is -0.449 e. The number of nitrogens with zero attached hydrogens (tertiary/aromatic N) is 3. The fraction of sp³-hybridized carbons (Fsp3) is 0.522. The zero-order valence-corrected chi connectivity index (χ0v) is 18.2. The number of hydrogen-bond donors (Lipinski definition) is 2. The van der Waals surface area contributed by atoms with E-state index in [9.17, 15) is 9.59 Å². The molecule has 8 nitrogen and oxygen atoms in total. The van der Waals surface area contributed by atoms with Crippen molar-refractivity contribution < 1.29 is 14.6 Å². The lowest BCUT2D eigenvalue weighted by Gasteiger charge is -2.32. The summed E-state index contributed by atoms with van der Waals surface area (Å²) in [5.41, 5.74) is 6.52. The van der Waals surface area contributed by atoms with E-state index in [1.165, 1.54) is 25.2 Å². The monoisotopic (exact) mass is 456 g/mol. The Morgan fingerprint density at radius 3 is 2.62 bits per heavy atom. The van der Waals surface area contributed by atoms with Gasteiger partial charge in [0, 0.05) is 37.3 Å². The molecule has 2 saturated carbocycles. The van der Waals surface area contributed by atoms with Crippen molar-refractivity contribution in [1.29, 1.82) is 0 Å². The van der Waals surface area contributed by atoms with Crippen LogP contribution in [0.5, 0.6) is 5.75 Å². The third-order valence-electron chi connectivity index (χ3n) is 7.52. The molecule has 0 amide bonds. The molecule has 3 fully saturated rings. The first-order valence-corrected chi connectivity index (χ1v) is 11.6. The Morgan fingerprint density at radius 1 is 1.19 bits per heavy atom. The first-order valence-electron chi connectivity index (χ1n) is 11.3. The fourth-order valence-corrected chi connectivity index (χ4v) is 6.04. The molecular weight excluding hydrogens is 432 g/mol. The van der Waals surface area contributed by atoms with Gasteiger partial charge in [-0.2, -0.15) is 0 Å². The largest absolute Gasteiger partial charge is 0.511 e. The predicted octanol–water partition coefficient (Wildman–Crippen LogP) is 3.42. The quantitative estimate of drug-likeness (QED) is 0.535. The van der Waals surface area contributed by atoms with E-state index in [2.05, 4.69) is 22.0 Å². The van der Waals surface area contributed by atoms with Crippen LogP contribution in [0.4, 0.5) is 10.6 Å². The number of anilines is 1. The number of aromatic nitrogens is 2. The molecule has 1 saturated heterocycles.